The van der Waals surface area contributed by atoms with Gasteiger partial charge in [-0.1, -0.05) is 17.7 Å². The largest absolute Gasteiger partial charge is 0.396 e. The molecule has 1 aliphatic heterocycles. The van der Waals surface area contributed by atoms with E-state index in [9.17, 15) is 14.3 Å². The Bertz CT molecular complexity index is 600. The first-order chi connectivity index (χ1) is 11.8. The van der Waals surface area contributed by atoms with Gasteiger partial charge < -0.3 is 19.8 Å². The molecule has 0 saturated carbocycles. The lowest BCUT2D eigenvalue weighted by Crippen LogP contribution is -2.35. The molecule has 0 radical (unpaired) electrons. The molecule has 25 heavy (non-hydrogen) atoms. The van der Waals surface area contributed by atoms with E-state index >= 15 is 0 Å². The molecule has 7 heteroatoms. The van der Waals surface area contributed by atoms with Crippen molar-refractivity contribution in [2.45, 2.75) is 0 Å². The summed E-state index contributed by atoms with van der Waals surface area (Å²) in [6, 6.07) is 4.45. The summed E-state index contributed by atoms with van der Waals surface area (Å²) in [6.45, 7) is 3.63. The van der Waals surface area contributed by atoms with Crippen molar-refractivity contribution >= 4 is 17.5 Å². The van der Waals surface area contributed by atoms with Crippen LogP contribution in [0, 0.1) is 17.7 Å². The molecule has 1 saturated heterocycles. The molecule has 0 spiro atoms. The van der Waals surface area contributed by atoms with Crippen LogP contribution in [0.1, 0.15) is 10.4 Å². The van der Waals surface area contributed by atoms with Crippen molar-refractivity contribution in [1.82, 2.24) is 14.7 Å². The van der Waals surface area contributed by atoms with Gasteiger partial charge in [-0.25, -0.2) is 4.39 Å². The van der Waals surface area contributed by atoms with E-state index < -0.39 is 5.82 Å². The van der Waals surface area contributed by atoms with Gasteiger partial charge >= 0.3 is 0 Å². The zero-order valence-corrected chi connectivity index (χ0v) is 15.8. The van der Waals surface area contributed by atoms with Crippen molar-refractivity contribution in [3.05, 3.63) is 34.6 Å². The van der Waals surface area contributed by atoms with E-state index in [0.29, 0.717) is 13.1 Å². The monoisotopic (exact) mass is 371 g/mol. The summed E-state index contributed by atoms with van der Waals surface area (Å²) < 4.78 is 14.1. The van der Waals surface area contributed by atoms with Crippen molar-refractivity contribution in [1.29, 1.82) is 0 Å². The first-order valence-electron chi connectivity index (χ1n) is 8.51. The standard InChI is InChI=1S/C18H27ClFN3O2/c1-21(2)7-8-22(3)9-13-10-23(11-14(13)12-24)18(25)15-5-4-6-16(19)17(15)20/h4-6,13-14,24H,7-12H2,1-3H3/t13-,14-/m1/s1. The van der Waals surface area contributed by atoms with Crippen LogP contribution in [0.15, 0.2) is 18.2 Å². The number of halogens is 2. The smallest absolute Gasteiger partial charge is 0.256 e. The summed E-state index contributed by atoms with van der Waals surface area (Å²) in [4.78, 5) is 18.6. The van der Waals surface area contributed by atoms with Crippen LogP contribution < -0.4 is 0 Å². The number of hydrogen-bond donors (Lipinski definition) is 1. The van der Waals surface area contributed by atoms with Crippen LogP contribution >= 0.6 is 11.6 Å². The molecular formula is C18H27ClFN3O2. The normalized spacial score (nSPS) is 20.7. The Morgan fingerprint density at radius 3 is 2.60 bits per heavy atom. The summed E-state index contributed by atoms with van der Waals surface area (Å²) >= 11 is 5.78. The first-order valence-corrected chi connectivity index (χ1v) is 8.88. The van der Waals surface area contributed by atoms with Crippen molar-refractivity contribution < 1.29 is 14.3 Å². The first kappa shape index (κ1) is 20.1. The third kappa shape index (κ3) is 5.14. The summed E-state index contributed by atoms with van der Waals surface area (Å²) in [5.74, 6) is -0.866. The SMILES string of the molecule is CN(C)CCN(C)C[C@@H]1CN(C(=O)c2cccc(Cl)c2F)C[C@@H]1CO. The van der Waals surface area contributed by atoms with Gasteiger partial charge in [0.05, 0.1) is 10.6 Å². The van der Waals surface area contributed by atoms with Crippen molar-refractivity contribution in [3.63, 3.8) is 0 Å². The fourth-order valence-electron chi connectivity index (χ4n) is 3.22. The fourth-order valence-corrected chi connectivity index (χ4v) is 3.39. The highest BCUT2D eigenvalue weighted by molar-refractivity contribution is 6.31. The highest BCUT2D eigenvalue weighted by Gasteiger charge is 2.36. The number of likely N-dealkylation sites (N-methyl/N-ethyl adjacent to an activating group) is 2. The Morgan fingerprint density at radius 2 is 1.96 bits per heavy atom. The number of carbonyl (C=O) groups excluding carboxylic acids is 1. The lowest BCUT2D eigenvalue weighted by atomic mass is 9.96. The molecule has 1 aromatic rings. The van der Waals surface area contributed by atoms with Crippen LogP contribution in [0.5, 0.6) is 0 Å². The molecule has 1 aliphatic rings. The van der Waals surface area contributed by atoms with Gasteiger partial charge in [-0.05, 0) is 39.2 Å². The highest BCUT2D eigenvalue weighted by Crippen LogP contribution is 2.27. The van der Waals surface area contributed by atoms with Crippen molar-refractivity contribution in [2.75, 3.05) is 60.5 Å². The van der Waals surface area contributed by atoms with Crippen molar-refractivity contribution in [3.8, 4) is 0 Å². The Morgan fingerprint density at radius 1 is 1.28 bits per heavy atom. The number of aliphatic hydroxyl groups excluding tert-OH is 1. The molecule has 0 aromatic heterocycles. The lowest BCUT2D eigenvalue weighted by molar-refractivity contribution is 0.0774. The number of hydrogen-bond acceptors (Lipinski definition) is 4. The number of aliphatic hydroxyl groups is 1. The second-order valence-electron chi connectivity index (χ2n) is 7.08. The highest BCUT2D eigenvalue weighted by atomic mass is 35.5. The Hall–Kier alpha value is -1.21. The van der Waals surface area contributed by atoms with Gasteiger partial charge in [0, 0.05) is 45.2 Å². The number of carbonyl (C=O) groups is 1. The minimum Gasteiger partial charge on any atom is -0.396 e. The predicted octanol–water partition coefficient (Wildman–Crippen LogP) is 1.65. The van der Waals surface area contributed by atoms with Gasteiger partial charge in [0.1, 0.15) is 0 Å². The molecular weight excluding hydrogens is 345 g/mol. The predicted molar refractivity (Wildman–Crippen MR) is 97.4 cm³/mol. The molecule has 140 valence electrons. The number of benzene rings is 1. The number of amides is 1. The third-order valence-electron chi connectivity index (χ3n) is 4.76. The second kappa shape index (κ2) is 8.94. The van der Waals surface area contributed by atoms with Crippen LogP contribution in [0.2, 0.25) is 5.02 Å². The van der Waals surface area contributed by atoms with E-state index in [2.05, 4.69) is 9.80 Å². The van der Waals surface area contributed by atoms with Crippen molar-refractivity contribution in [2.24, 2.45) is 11.8 Å². The van der Waals surface area contributed by atoms with Gasteiger partial charge in [0.25, 0.3) is 5.91 Å². The van der Waals surface area contributed by atoms with E-state index in [-0.39, 0.29) is 34.9 Å². The summed E-state index contributed by atoms with van der Waals surface area (Å²) in [7, 11) is 6.10. The topological polar surface area (TPSA) is 47.0 Å². The zero-order valence-electron chi connectivity index (χ0n) is 15.1. The van der Waals surface area contributed by atoms with E-state index in [1.165, 1.54) is 12.1 Å². The molecule has 1 fully saturated rings. The Balaban J connectivity index is 2.02. The maximum Gasteiger partial charge on any atom is 0.256 e. The Kier molecular flexibility index (Phi) is 7.19. The molecule has 2 atom stereocenters. The van der Waals surface area contributed by atoms with Gasteiger partial charge in [-0.15, -0.1) is 0 Å². The Labute approximate surface area is 154 Å². The lowest BCUT2D eigenvalue weighted by Gasteiger charge is -2.25. The number of rotatable bonds is 7. The number of likely N-dealkylation sites (tertiary alicyclic amines) is 1. The molecule has 1 heterocycles. The maximum absolute atomic E-state index is 14.1. The maximum atomic E-state index is 14.1. The van der Waals surface area contributed by atoms with Crippen LogP contribution in [0.25, 0.3) is 0 Å². The fraction of sp³-hybridized carbons (Fsp3) is 0.611. The zero-order chi connectivity index (χ0) is 18.6. The molecule has 2 rings (SSSR count). The molecule has 1 N–H and O–H groups in total. The molecule has 0 unspecified atom stereocenters. The minimum atomic E-state index is -0.679. The number of nitrogens with zero attached hydrogens (tertiary/aromatic N) is 3. The minimum absolute atomic E-state index is 0.00741. The average Bonchev–Trinajstić information content (AvgIpc) is 2.97. The van der Waals surface area contributed by atoms with Crippen LogP contribution in [-0.2, 0) is 0 Å². The van der Waals surface area contributed by atoms with Crippen LogP contribution in [0.3, 0.4) is 0 Å². The second-order valence-corrected chi connectivity index (χ2v) is 7.49. The summed E-state index contributed by atoms with van der Waals surface area (Å²) in [6.07, 6.45) is 0. The molecule has 0 aliphatic carbocycles. The average molecular weight is 372 g/mol. The van der Waals surface area contributed by atoms with E-state index in [4.69, 9.17) is 11.6 Å². The molecule has 1 aromatic carbocycles. The quantitative estimate of drug-likeness (QED) is 0.791. The molecule has 0 bridgehead atoms. The van der Waals surface area contributed by atoms with Gasteiger partial charge in [-0.3, -0.25) is 4.79 Å². The van der Waals surface area contributed by atoms with E-state index in [1.54, 1.807) is 11.0 Å². The summed E-state index contributed by atoms with van der Waals surface area (Å²) in [5.41, 5.74) is -0.00852. The molecule has 1 amide bonds. The van der Waals surface area contributed by atoms with Gasteiger partial charge in [0.15, 0.2) is 5.82 Å². The van der Waals surface area contributed by atoms with E-state index in [0.717, 1.165) is 19.6 Å². The van der Waals surface area contributed by atoms with Crippen LogP contribution in [0.4, 0.5) is 4.39 Å². The third-order valence-corrected chi connectivity index (χ3v) is 5.05. The summed E-state index contributed by atoms with van der Waals surface area (Å²) in [5, 5.41) is 9.62. The molecule has 5 nitrogen and oxygen atoms in total. The van der Waals surface area contributed by atoms with E-state index in [1.807, 2.05) is 21.1 Å². The van der Waals surface area contributed by atoms with Crippen LogP contribution in [-0.4, -0.2) is 86.2 Å². The van der Waals surface area contributed by atoms with Gasteiger partial charge in [0.2, 0.25) is 0 Å². The van der Waals surface area contributed by atoms with Gasteiger partial charge in [-0.2, -0.15) is 0 Å².